The summed E-state index contributed by atoms with van der Waals surface area (Å²) in [6.07, 6.45) is 9.32. The van der Waals surface area contributed by atoms with Crippen LogP contribution in [0.1, 0.15) is 51.9 Å². The van der Waals surface area contributed by atoms with Crippen LogP contribution < -0.4 is 5.32 Å². The van der Waals surface area contributed by atoms with Gasteiger partial charge in [0.05, 0.1) is 19.8 Å². The van der Waals surface area contributed by atoms with E-state index in [1.807, 2.05) is 0 Å². The van der Waals surface area contributed by atoms with Crippen LogP contribution in [-0.4, -0.2) is 88.5 Å². The largest absolute Gasteiger partial charge is 0.382 e. The quantitative estimate of drug-likeness (QED) is 0.338. The number of nitrogens with one attached hydrogen (secondary N) is 1. The molecule has 0 spiro atoms. The average Bonchev–Trinajstić information content (AvgIpc) is 3.17. The van der Waals surface area contributed by atoms with Crippen LogP contribution in [0.3, 0.4) is 0 Å². The number of nitrogens with zero attached hydrogens (tertiary/aromatic N) is 3. The van der Waals surface area contributed by atoms with E-state index in [0.29, 0.717) is 19.1 Å². The van der Waals surface area contributed by atoms with E-state index in [1.165, 1.54) is 38.5 Å². The maximum absolute atomic E-state index is 5.71. The summed E-state index contributed by atoms with van der Waals surface area (Å²) in [5.41, 5.74) is 0. The molecule has 2 fully saturated rings. The Kier molecular flexibility index (Phi) is 11.1. The summed E-state index contributed by atoms with van der Waals surface area (Å²) in [6, 6.07) is 0.799. The molecule has 1 unspecified atom stereocenters. The van der Waals surface area contributed by atoms with Gasteiger partial charge in [-0.05, 0) is 46.2 Å². The van der Waals surface area contributed by atoms with Gasteiger partial charge in [0.1, 0.15) is 0 Å². The molecule has 1 saturated heterocycles. The second-order valence-corrected chi connectivity index (χ2v) is 8.03. The maximum Gasteiger partial charge on any atom is 0.193 e. The second kappa shape index (κ2) is 13.3. The minimum absolute atomic E-state index is 0.600. The molecule has 0 aromatic carbocycles. The Bertz CT molecular complexity index is 413. The number of guanidine groups is 1. The van der Waals surface area contributed by atoms with Gasteiger partial charge in [0.25, 0.3) is 0 Å². The van der Waals surface area contributed by atoms with Crippen molar-refractivity contribution in [2.45, 2.75) is 57.9 Å². The fraction of sp³-hybridized carbons (Fsp3) is 0.952. The van der Waals surface area contributed by atoms with Crippen molar-refractivity contribution >= 4 is 5.96 Å². The molecular weight excluding hydrogens is 340 g/mol. The molecule has 6 heteroatoms. The first-order valence-electron chi connectivity index (χ1n) is 11.0. The van der Waals surface area contributed by atoms with Gasteiger partial charge in [-0.15, -0.1) is 0 Å². The lowest BCUT2D eigenvalue weighted by molar-refractivity contribution is 0.0536. The van der Waals surface area contributed by atoms with Gasteiger partial charge in [-0.1, -0.05) is 19.3 Å². The van der Waals surface area contributed by atoms with E-state index in [-0.39, 0.29) is 0 Å². The van der Waals surface area contributed by atoms with Crippen molar-refractivity contribution in [2.24, 2.45) is 10.9 Å². The van der Waals surface area contributed by atoms with Crippen molar-refractivity contribution in [1.82, 2.24) is 15.1 Å². The molecule has 2 rings (SSSR count). The number of rotatable bonds is 11. The Hall–Kier alpha value is -0.850. The van der Waals surface area contributed by atoms with E-state index in [4.69, 9.17) is 14.5 Å². The van der Waals surface area contributed by atoms with E-state index in [0.717, 1.165) is 57.8 Å². The fourth-order valence-electron chi connectivity index (χ4n) is 4.19. The predicted octanol–water partition coefficient (Wildman–Crippen LogP) is 2.59. The summed E-state index contributed by atoms with van der Waals surface area (Å²) in [4.78, 5) is 9.86. The zero-order valence-corrected chi connectivity index (χ0v) is 17.9. The number of likely N-dealkylation sites (tertiary alicyclic amines) is 1. The van der Waals surface area contributed by atoms with E-state index in [1.54, 1.807) is 7.11 Å². The van der Waals surface area contributed by atoms with Gasteiger partial charge in [-0.3, -0.25) is 4.99 Å². The van der Waals surface area contributed by atoms with Crippen LogP contribution in [0, 0.1) is 5.92 Å². The lowest BCUT2D eigenvalue weighted by Crippen LogP contribution is -2.40. The Morgan fingerprint density at radius 2 is 2.00 bits per heavy atom. The molecule has 1 aliphatic carbocycles. The first-order chi connectivity index (χ1) is 13.2. The summed E-state index contributed by atoms with van der Waals surface area (Å²) in [5, 5.41) is 3.47. The van der Waals surface area contributed by atoms with Crippen molar-refractivity contribution in [3.63, 3.8) is 0 Å². The van der Waals surface area contributed by atoms with Crippen LogP contribution in [0.4, 0.5) is 0 Å². The Labute approximate surface area is 166 Å². The molecule has 158 valence electrons. The number of ether oxygens (including phenoxy) is 2. The summed E-state index contributed by atoms with van der Waals surface area (Å²) >= 11 is 0. The highest BCUT2D eigenvalue weighted by atomic mass is 16.5. The lowest BCUT2D eigenvalue weighted by Gasteiger charge is -2.31. The van der Waals surface area contributed by atoms with Gasteiger partial charge in [0.15, 0.2) is 5.96 Å². The molecular formula is C21H42N4O2. The zero-order chi connectivity index (χ0) is 19.3. The SMILES string of the molecule is CCNC(=NCCCN(C)C1CCCCC1)N1CCC(COCCOC)C1. The number of hydrogen-bond donors (Lipinski definition) is 1. The zero-order valence-electron chi connectivity index (χ0n) is 17.9. The molecule has 1 saturated carbocycles. The van der Waals surface area contributed by atoms with Crippen LogP contribution >= 0.6 is 0 Å². The Balaban J connectivity index is 1.68. The van der Waals surface area contributed by atoms with Crippen LogP contribution in [0.2, 0.25) is 0 Å². The summed E-state index contributed by atoms with van der Waals surface area (Å²) in [5.74, 6) is 1.68. The molecule has 27 heavy (non-hydrogen) atoms. The topological polar surface area (TPSA) is 49.3 Å². The predicted molar refractivity (Wildman–Crippen MR) is 112 cm³/mol. The first kappa shape index (κ1) is 22.4. The van der Waals surface area contributed by atoms with Crippen LogP contribution in [0.5, 0.6) is 0 Å². The van der Waals surface area contributed by atoms with Gasteiger partial charge in [0, 0.05) is 45.2 Å². The third kappa shape index (κ3) is 8.36. The third-order valence-electron chi connectivity index (χ3n) is 5.83. The maximum atomic E-state index is 5.71. The van der Waals surface area contributed by atoms with Crippen molar-refractivity contribution in [3.05, 3.63) is 0 Å². The van der Waals surface area contributed by atoms with Crippen molar-refractivity contribution < 1.29 is 9.47 Å². The monoisotopic (exact) mass is 382 g/mol. The highest BCUT2D eigenvalue weighted by molar-refractivity contribution is 5.80. The van der Waals surface area contributed by atoms with Crippen molar-refractivity contribution in [3.8, 4) is 0 Å². The minimum Gasteiger partial charge on any atom is -0.382 e. The number of methoxy groups -OCH3 is 1. The Morgan fingerprint density at radius 1 is 1.19 bits per heavy atom. The number of hydrogen-bond acceptors (Lipinski definition) is 4. The molecule has 1 N–H and O–H groups in total. The smallest absolute Gasteiger partial charge is 0.193 e. The van der Waals surface area contributed by atoms with Crippen LogP contribution in [0.15, 0.2) is 4.99 Å². The average molecular weight is 383 g/mol. The molecule has 0 radical (unpaired) electrons. The molecule has 0 aromatic rings. The van der Waals surface area contributed by atoms with Crippen LogP contribution in [-0.2, 0) is 9.47 Å². The molecule has 0 bridgehead atoms. The van der Waals surface area contributed by atoms with Gasteiger partial charge in [0.2, 0.25) is 0 Å². The first-order valence-corrected chi connectivity index (χ1v) is 11.0. The molecule has 0 aromatic heterocycles. The number of aliphatic imine (C=N–C) groups is 1. The highest BCUT2D eigenvalue weighted by Crippen LogP contribution is 2.21. The van der Waals surface area contributed by atoms with Gasteiger partial charge in [-0.25, -0.2) is 0 Å². The standard InChI is InChI=1S/C21H42N4O2/c1-4-22-21(25-14-11-19(17-25)18-27-16-15-26-3)23-12-8-13-24(2)20-9-6-5-7-10-20/h19-20H,4-18H2,1-3H3,(H,22,23). The molecule has 0 amide bonds. The molecule has 1 aliphatic heterocycles. The summed E-state index contributed by atoms with van der Waals surface area (Å²) in [7, 11) is 4.01. The fourth-order valence-corrected chi connectivity index (χ4v) is 4.19. The van der Waals surface area contributed by atoms with E-state index in [9.17, 15) is 0 Å². The molecule has 1 heterocycles. The molecule has 2 aliphatic rings. The lowest BCUT2D eigenvalue weighted by atomic mass is 9.94. The molecule has 1 atom stereocenters. The second-order valence-electron chi connectivity index (χ2n) is 8.03. The van der Waals surface area contributed by atoms with E-state index >= 15 is 0 Å². The summed E-state index contributed by atoms with van der Waals surface area (Å²) < 4.78 is 10.8. The van der Waals surface area contributed by atoms with Crippen molar-refractivity contribution in [1.29, 1.82) is 0 Å². The summed E-state index contributed by atoms with van der Waals surface area (Å²) in [6.45, 7) is 9.44. The highest BCUT2D eigenvalue weighted by Gasteiger charge is 2.25. The Morgan fingerprint density at radius 3 is 2.74 bits per heavy atom. The van der Waals surface area contributed by atoms with Gasteiger partial charge < -0.3 is 24.6 Å². The normalized spacial score (nSPS) is 22.0. The van der Waals surface area contributed by atoms with Crippen molar-refractivity contribution in [2.75, 3.05) is 66.7 Å². The van der Waals surface area contributed by atoms with Gasteiger partial charge >= 0.3 is 0 Å². The minimum atomic E-state index is 0.600. The van der Waals surface area contributed by atoms with E-state index in [2.05, 4.69) is 29.1 Å². The third-order valence-corrected chi connectivity index (χ3v) is 5.83. The van der Waals surface area contributed by atoms with Crippen LogP contribution in [0.25, 0.3) is 0 Å². The van der Waals surface area contributed by atoms with E-state index < -0.39 is 0 Å². The molecule has 6 nitrogen and oxygen atoms in total. The van der Waals surface area contributed by atoms with Gasteiger partial charge in [-0.2, -0.15) is 0 Å².